The number of nitrogens with zero attached hydrogens (tertiary/aromatic N) is 1. The summed E-state index contributed by atoms with van der Waals surface area (Å²) in [4.78, 5) is 4.34. The molecule has 1 aliphatic carbocycles. The van der Waals surface area contributed by atoms with Gasteiger partial charge in [-0.1, -0.05) is 0 Å². The quantitative estimate of drug-likeness (QED) is 0.841. The third-order valence-corrected chi connectivity index (χ3v) is 3.52. The van der Waals surface area contributed by atoms with Gasteiger partial charge in [-0.15, -0.1) is 0 Å². The lowest BCUT2D eigenvalue weighted by Gasteiger charge is -2.26. The zero-order valence-corrected chi connectivity index (χ0v) is 11.1. The summed E-state index contributed by atoms with van der Waals surface area (Å²) in [6, 6.07) is 4.26. The number of hydrogen-bond acceptors (Lipinski definition) is 4. The summed E-state index contributed by atoms with van der Waals surface area (Å²) >= 11 is 0. The second-order valence-corrected chi connectivity index (χ2v) is 4.94. The van der Waals surface area contributed by atoms with Crippen molar-refractivity contribution in [2.45, 2.75) is 38.6 Å². The number of anilines is 1. The molecule has 1 fully saturated rings. The standard InChI is InChI=1S/C14H23N3O/c1-2-18-13-4-3-9-16-14(13)17-10-11-5-7-12(15)8-6-11/h3-4,9,11-12H,2,5-8,10,15H2,1H3,(H,16,17). The molecular weight excluding hydrogens is 226 g/mol. The van der Waals surface area contributed by atoms with E-state index >= 15 is 0 Å². The summed E-state index contributed by atoms with van der Waals surface area (Å²) in [5.41, 5.74) is 5.92. The summed E-state index contributed by atoms with van der Waals surface area (Å²) < 4.78 is 5.55. The maximum Gasteiger partial charge on any atom is 0.168 e. The van der Waals surface area contributed by atoms with Gasteiger partial charge in [0.25, 0.3) is 0 Å². The van der Waals surface area contributed by atoms with Crippen molar-refractivity contribution in [3.63, 3.8) is 0 Å². The van der Waals surface area contributed by atoms with Gasteiger partial charge < -0.3 is 15.8 Å². The number of hydrogen-bond donors (Lipinski definition) is 2. The van der Waals surface area contributed by atoms with Crippen molar-refractivity contribution in [2.24, 2.45) is 11.7 Å². The molecule has 0 atom stereocenters. The molecule has 0 aromatic carbocycles. The summed E-state index contributed by atoms with van der Waals surface area (Å²) in [6.45, 7) is 3.61. The monoisotopic (exact) mass is 249 g/mol. The number of ether oxygens (including phenoxy) is 1. The number of nitrogens with two attached hydrogens (primary N) is 1. The smallest absolute Gasteiger partial charge is 0.168 e. The normalized spacial score (nSPS) is 23.7. The Morgan fingerprint density at radius 3 is 2.89 bits per heavy atom. The van der Waals surface area contributed by atoms with Gasteiger partial charge in [-0.25, -0.2) is 4.98 Å². The van der Waals surface area contributed by atoms with Gasteiger partial charge >= 0.3 is 0 Å². The minimum Gasteiger partial charge on any atom is -0.490 e. The third-order valence-electron chi connectivity index (χ3n) is 3.52. The van der Waals surface area contributed by atoms with E-state index in [2.05, 4.69) is 10.3 Å². The van der Waals surface area contributed by atoms with E-state index in [1.54, 1.807) is 6.20 Å². The number of nitrogens with one attached hydrogen (secondary N) is 1. The van der Waals surface area contributed by atoms with Gasteiger partial charge in [-0.05, 0) is 50.7 Å². The Labute approximate surface area is 109 Å². The lowest BCUT2D eigenvalue weighted by Crippen LogP contribution is -2.29. The van der Waals surface area contributed by atoms with Crippen LogP contribution in [0.25, 0.3) is 0 Å². The predicted molar refractivity (Wildman–Crippen MR) is 73.8 cm³/mol. The molecule has 18 heavy (non-hydrogen) atoms. The molecule has 3 N–H and O–H groups in total. The van der Waals surface area contributed by atoms with E-state index in [0.717, 1.165) is 31.0 Å². The fourth-order valence-electron chi connectivity index (χ4n) is 2.43. The first-order valence-electron chi connectivity index (χ1n) is 6.87. The lowest BCUT2D eigenvalue weighted by atomic mass is 9.86. The molecule has 4 nitrogen and oxygen atoms in total. The van der Waals surface area contributed by atoms with Crippen LogP contribution in [-0.2, 0) is 0 Å². The van der Waals surface area contributed by atoms with E-state index in [1.807, 2.05) is 19.1 Å². The van der Waals surface area contributed by atoms with Crippen molar-refractivity contribution in [1.82, 2.24) is 4.98 Å². The first-order valence-corrected chi connectivity index (χ1v) is 6.87. The summed E-state index contributed by atoms with van der Waals surface area (Å²) in [5, 5.41) is 3.41. The van der Waals surface area contributed by atoms with Gasteiger partial charge in [0.15, 0.2) is 11.6 Å². The van der Waals surface area contributed by atoms with Crippen LogP contribution >= 0.6 is 0 Å². The Morgan fingerprint density at radius 2 is 2.17 bits per heavy atom. The van der Waals surface area contributed by atoms with Gasteiger partial charge in [0.2, 0.25) is 0 Å². The molecule has 1 aliphatic rings. The third kappa shape index (κ3) is 3.60. The van der Waals surface area contributed by atoms with Crippen LogP contribution in [-0.4, -0.2) is 24.2 Å². The molecule has 1 aromatic rings. The van der Waals surface area contributed by atoms with Crippen LogP contribution in [0.4, 0.5) is 5.82 Å². The number of aromatic nitrogens is 1. The fraction of sp³-hybridized carbons (Fsp3) is 0.643. The van der Waals surface area contributed by atoms with E-state index in [1.165, 1.54) is 12.8 Å². The Bertz CT molecular complexity index is 362. The van der Waals surface area contributed by atoms with Crippen molar-refractivity contribution in [1.29, 1.82) is 0 Å². The Hall–Kier alpha value is -1.29. The SMILES string of the molecule is CCOc1cccnc1NCC1CCC(N)CC1. The summed E-state index contributed by atoms with van der Waals surface area (Å²) in [7, 11) is 0. The molecule has 0 spiro atoms. The molecule has 0 radical (unpaired) electrons. The van der Waals surface area contributed by atoms with E-state index < -0.39 is 0 Å². The zero-order valence-electron chi connectivity index (χ0n) is 11.1. The minimum absolute atomic E-state index is 0.412. The first kappa shape index (κ1) is 13.1. The highest BCUT2D eigenvalue weighted by molar-refractivity contribution is 5.49. The van der Waals surface area contributed by atoms with Gasteiger partial charge in [0, 0.05) is 18.8 Å². The molecule has 0 amide bonds. The minimum atomic E-state index is 0.412. The molecule has 1 saturated carbocycles. The molecule has 1 aromatic heterocycles. The van der Waals surface area contributed by atoms with Crippen LogP contribution < -0.4 is 15.8 Å². The van der Waals surface area contributed by atoms with Crippen molar-refractivity contribution >= 4 is 5.82 Å². The zero-order chi connectivity index (χ0) is 12.8. The molecule has 0 unspecified atom stereocenters. The van der Waals surface area contributed by atoms with Gasteiger partial charge in [0.05, 0.1) is 6.61 Å². The van der Waals surface area contributed by atoms with Crippen LogP contribution in [0.1, 0.15) is 32.6 Å². The predicted octanol–water partition coefficient (Wildman–Crippen LogP) is 2.41. The fourth-order valence-corrected chi connectivity index (χ4v) is 2.43. The van der Waals surface area contributed by atoms with E-state index in [4.69, 9.17) is 10.5 Å². The van der Waals surface area contributed by atoms with Crippen LogP contribution in [0.3, 0.4) is 0 Å². The highest BCUT2D eigenvalue weighted by atomic mass is 16.5. The van der Waals surface area contributed by atoms with Crippen molar-refractivity contribution in [3.8, 4) is 5.75 Å². The molecule has 100 valence electrons. The second-order valence-electron chi connectivity index (χ2n) is 4.94. The van der Waals surface area contributed by atoms with Crippen molar-refractivity contribution in [2.75, 3.05) is 18.5 Å². The van der Waals surface area contributed by atoms with Crippen LogP contribution in [0.5, 0.6) is 5.75 Å². The van der Waals surface area contributed by atoms with E-state index in [9.17, 15) is 0 Å². The maximum absolute atomic E-state index is 5.92. The molecule has 4 heteroatoms. The average Bonchev–Trinajstić information content (AvgIpc) is 2.40. The van der Waals surface area contributed by atoms with E-state index in [-0.39, 0.29) is 0 Å². The Morgan fingerprint density at radius 1 is 1.39 bits per heavy atom. The first-order chi connectivity index (χ1) is 8.79. The van der Waals surface area contributed by atoms with Gasteiger partial charge in [-0.2, -0.15) is 0 Å². The molecular formula is C14H23N3O. The highest BCUT2D eigenvalue weighted by Crippen LogP contribution is 2.25. The summed E-state index contributed by atoms with van der Waals surface area (Å²) in [6.07, 6.45) is 6.51. The summed E-state index contributed by atoms with van der Waals surface area (Å²) in [5.74, 6) is 2.41. The largest absolute Gasteiger partial charge is 0.490 e. The molecule has 0 aliphatic heterocycles. The molecule has 1 heterocycles. The number of pyridine rings is 1. The van der Waals surface area contributed by atoms with Gasteiger partial charge in [0.1, 0.15) is 0 Å². The van der Waals surface area contributed by atoms with Crippen molar-refractivity contribution < 1.29 is 4.74 Å². The highest BCUT2D eigenvalue weighted by Gasteiger charge is 2.18. The van der Waals surface area contributed by atoms with Crippen LogP contribution in [0, 0.1) is 5.92 Å². The Balaban J connectivity index is 1.86. The topological polar surface area (TPSA) is 60.2 Å². The molecule has 0 saturated heterocycles. The second kappa shape index (κ2) is 6.59. The van der Waals surface area contributed by atoms with Crippen molar-refractivity contribution in [3.05, 3.63) is 18.3 Å². The van der Waals surface area contributed by atoms with Crippen LogP contribution in [0.15, 0.2) is 18.3 Å². The van der Waals surface area contributed by atoms with E-state index in [0.29, 0.717) is 18.6 Å². The van der Waals surface area contributed by atoms with Crippen LogP contribution in [0.2, 0.25) is 0 Å². The van der Waals surface area contributed by atoms with Gasteiger partial charge in [-0.3, -0.25) is 0 Å². The lowest BCUT2D eigenvalue weighted by molar-refractivity contribution is 0.332. The molecule has 2 rings (SSSR count). The number of rotatable bonds is 5. The molecule has 0 bridgehead atoms. The maximum atomic E-state index is 5.92. The Kier molecular flexibility index (Phi) is 4.81. The average molecular weight is 249 g/mol.